The van der Waals surface area contributed by atoms with E-state index in [1.807, 2.05) is 13.0 Å². The molecule has 1 rings (SSSR count). The molecule has 0 atom stereocenters. The average Bonchev–Trinajstić information content (AvgIpc) is 2.37. The van der Waals surface area contributed by atoms with Crippen LogP contribution in [-0.2, 0) is 11.2 Å². The lowest BCUT2D eigenvalue weighted by Crippen LogP contribution is -2.14. The van der Waals surface area contributed by atoms with Gasteiger partial charge in [-0.3, -0.25) is 5.32 Å². The fourth-order valence-corrected chi connectivity index (χ4v) is 1.50. The summed E-state index contributed by atoms with van der Waals surface area (Å²) in [4.78, 5) is 11.3. The van der Waals surface area contributed by atoms with E-state index in [1.54, 1.807) is 19.1 Å². The third kappa shape index (κ3) is 4.11. The first kappa shape index (κ1) is 14.1. The van der Waals surface area contributed by atoms with Gasteiger partial charge in [0.05, 0.1) is 6.61 Å². The monoisotopic (exact) mass is 247 g/mol. The van der Waals surface area contributed by atoms with E-state index in [0.29, 0.717) is 6.61 Å². The lowest BCUT2D eigenvalue weighted by Gasteiger charge is -2.10. The van der Waals surface area contributed by atoms with E-state index in [2.05, 4.69) is 17.2 Å². The van der Waals surface area contributed by atoms with Crippen LogP contribution < -0.4 is 5.32 Å². The van der Waals surface area contributed by atoms with Crippen LogP contribution in [0.3, 0.4) is 0 Å². The van der Waals surface area contributed by atoms with Crippen LogP contribution in [0.4, 0.5) is 10.5 Å². The van der Waals surface area contributed by atoms with Crippen molar-refractivity contribution in [1.82, 2.24) is 0 Å². The number of hydrogen-bond acceptors (Lipinski definition) is 3. The maximum absolute atomic E-state index is 11.3. The van der Waals surface area contributed by atoms with E-state index in [1.165, 1.54) is 0 Å². The number of rotatable bonds is 3. The lowest BCUT2D eigenvalue weighted by molar-refractivity contribution is 0.168. The maximum Gasteiger partial charge on any atom is 0.411 e. The summed E-state index contributed by atoms with van der Waals surface area (Å²) in [7, 11) is 0. The molecule has 0 aliphatic heterocycles. The third-order valence-electron chi connectivity index (χ3n) is 2.31. The minimum atomic E-state index is -0.457. The smallest absolute Gasteiger partial charge is 0.411 e. The fourth-order valence-electron chi connectivity index (χ4n) is 1.50. The number of hydrogen-bond donors (Lipinski definition) is 2. The van der Waals surface area contributed by atoms with Crippen LogP contribution >= 0.6 is 0 Å². The highest BCUT2D eigenvalue weighted by atomic mass is 16.5. The Morgan fingerprint density at radius 2 is 2.22 bits per heavy atom. The summed E-state index contributed by atoms with van der Waals surface area (Å²) in [6, 6.07) is 5.48. The summed E-state index contributed by atoms with van der Waals surface area (Å²) >= 11 is 0. The number of amides is 1. The van der Waals surface area contributed by atoms with E-state index in [0.717, 1.165) is 23.2 Å². The molecule has 4 nitrogen and oxygen atoms in total. The highest BCUT2D eigenvalue weighted by molar-refractivity contribution is 5.85. The fraction of sp³-hybridized carbons (Fsp3) is 0.357. The number of benzene rings is 1. The Kier molecular flexibility index (Phi) is 5.75. The number of aliphatic hydroxyl groups excluding tert-OH is 1. The summed E-state index contributed by atoms with van der Waals surface area (Å²) in [6.07, 6.45) is 0.317. The van der Waals surface area contributed by atoms with Gasteiger partial charge in [-0.2, -0.15) is 0 Å². The van der Waals surface area contributed by atoms with Crippen molar-refractivity contribution < 1.29 is 14.6 Å². The first-order chi connectivity index (χ1) is 8.71. The van der Waals surface area contributed by atoms with Gasteiger partial charge in [-0.25, -0.2) is 4.79 Å². The molecule has 0 fully saturated rings. The molecule has 4 heteroatoms. The van der Waals surface area contributed by atoms with Gasteiger partial charge in [-0.15, -0.1) is 0 Å². The Bertz CT molecular complexity index is 472. The number of carbonyl (C=O) groups excluding carboxylic acids is 1. The molecule has 0 radical (unpaired) electrons. The number of anilines is 1. The van der Waals surface area contributed by atoms with Gasteiger partial charge in [0, 0.05) is 11.3 Å². The SMILES string of the molecule is CCOC(=O)Nc1ccc(C#CCO)cc1CC. The first-order valence-electron chi connectivity index (χ1n) is 5.87. The molecule has 1 amide bonds. The van der Waals surface area contributed by atoms with Crippen molar-refractivity contribution in [2.45, 2.75) is 20.3 Å². The number of aryl methyl sites for hydroxylation is 1. The standard InChI is InChI=1S/C14H17NO3/c1-3-12-10-11(6-5-9-16)7-8-13(12)15-14(17)18-4-2/h7-8,10,16H,3-4,9H2,1-2H3,(H,15,17). The van der Waals surface area contributed by atoms with Gasteiger partial charge in [-0.05, 0) is 37.1 Å². The minimum Gasteiger partial charge on any atom is -0.450 e. The molecule has 2 N–H and O–H groups in total. The van der Waals surface area contributed by atoms with E-state index < -0.39 is 6.09 Å². The predicted molar refractivity (Wildman–Crippen MR) is 70.4 cm³/mol. The van der Waals surface area contributed by atoms with Crippen LogP contribution in [0.5, 0.6) is 0 Å². The molecule has 0 aliphatic carbocycles. The zero-order valence-electron chi connectivity index (χ0n) is 10.6. The molecule has 0 unspecified atom stereocenters. The molecule has 0 spiro atoms. The van der Waals surface area contributed by atoms with Gasteiger partial charge in [0.2, 0.25) is 0 Å². The largest absolute Gasteiger partial charge is 0.450 e. The Labute approximate surface area is 107 Å². The number of nitrogens with one attached hydrogen (secondary N) is 1. The molecule has 96 valence electrons. The van der Waals surface area contributed by atoms with E-state index in [9.17, 15) is 4.79 Å². The number of aliphatic hydroxyl groups is 1. The van der Waals surface area contributed by atoms with Crippen molar-refractivity contribution in [3.8, 4) is 11.8 Å². The van der Waals surface area contributed by atoms with Crippen LogP contribution in [-0.4, -0.2) is 24.4 Å². The van der Waals surface area contributed by atoms with Crippen LogP contribution in [0, 0.1) is 11.8 Å². The van der Waals surface area contributed by atoms with Crippen molar-refractivity contribution in [3.63, 3.8) is 0 Å². The van der Waals surface area contributed by atoms with E-state index in [4.69, 9.17) is 9.84 Å². The molecule has 0 bridgehead atoms. The zero-order valence-corrected chi connectivity index (χ0v) is 10.6. The van der Waals surface area contributed by atoms with Gasteiger partial charge in [0.1, 0.15) is 6.61 Å². The number of ether oxygens (including phenoxy) is 1. The van der Waals surface area contributed by atoms with Crippen LogP contribution in [0.2, 0.25) is 0 Å². The molecule has 1 aromatic carbocycles. The van der Waals surface area contributed by atoms with Crippen LogP contribution in [0.25, 0.3) is 0 Å². The van der Waals surface area contributed by atoms with Gasteiger partial charge >= 0.3 is 6.09 Å². The molecule has 18 heavy (non-hydrogen) atoms. The van der Waals surface area contributed by atoms with Gasteiger partial charge < -0.3 is 9.84 Å². The van der Waals surface area contributed by atoms with E-state index >= 15 is 0 Å². The Hall–Kier alpha value is -1.99. The van der Waals surface area contributed by atoms with Gasteiger partial charge in [0.25, 0.3) is 0 Å². The molecule has 0 aliphatic rings. The Balaban J connectivity index is 2.89. The summed E-state index contributed by atoms with van der Waals surface area (Å²) < 4.78 is 4.83. The normalized spacial score (nSPS) is 9.28. The summed E-state index contributed by atoms with van der Waals surface area (Å²) in [5, 5.41) is 11.3. The lowest BCUT2D eigenvalue weighted by atomic mass is 10.1. The second-order valence-corrected chi connectivity index (χ2v) is 3.53. The average molecular weight is 247 g/mol. The second-order valence-electron chi connectivity index (χ2n) is 3.53. The predicted octanol–water partition coefficient (Wildman–Crippen LogP) is 2.16. The Morgan fingerprint density at radius 3 is 2.83 bits per heavy atom. The molecular formula is C14H17NO3. The molecule has 0 aromatic heterocycles. The van der Waals surface area contributed by atoms with Crippen LogP contribution in [0.15, 0.2) is 18.2 Å². The summed E-state index contributed by atoms with van der Waals surface area (Å²) in [5.41, 5.74) is 2.52. The van der Waals surface area contributed by atoms with Crippen molar-refractivity contribution in [3.05, 3.63) is 29.3 Å². The van der Waals surface area contributed by atoms with Crippen LogP contribution in [0.1, 0.15) is 25.0 Å². The minimum absolute atomic E-state index is 0.162. The second kappa shape index (κ2) is 7.36. The van der Waals surface area contributed by atoms with E-state index in [-0.39, 0.29) is 6.61 Å². The molecule has 0 heterocycles. The Morgan fingerprint density at radius 1 is 1.44 bits per heavy atom. The first-order valence-corrected chi connectivity index (χ1v) is 5.87. The maximum atomic E-state index is 11.3. The van der Waals surface area contributed by atoms with Crippen molar-refractivity contribution in [2.75, 3.05) is 18.5 Å². The summed E-state index contributed by atoms with van der Waals surface area (Å²) in [5.74, 6) is 5.42. The summed E-state index contributed by atoms with van der Waals surface area (Å²) in [6.45, 7) is 3.93. The zero-order chi connectivity index (χ0) is 13.4. The molecule has 1 aromatic rings. The third-order valence-corrected chi connectivity index (χ3v) is 2.31. The molecule has 0 saturated heterocycles. The topological polar surface area (TPSA) is 58.6 Å². The van der Waals surface area contributed by atoms with Crippen molar-refractivity contribution >= 4 is 11.8 Å². The van der Waals surface area contributed by atoms with Gasteiger partial charge in [0.15, 0.2) is 0 Å². The molecular weight excluding hydrogens is 230 g/mol. The highest BCUT2D eigenvalue weighted by Crippen LogP contribution is 2.18. The highest BCUT2D eigenvalue weighted by Gasteiger charge is 2.06. The molecule has 0 saturated carbocycles. The number of carbonyl (C=O) groups is 1. The van der Waals surface area contributed by atoms with Gasteiger partial charge in [-0.1, -0.05) is 18.8 Å². The van der Waals surface area contributed by atoms with Crippen molar-refractivity contribution in [1.29, 1.82) is 0 Å². The quantitative estimate of drug-likeness (QED) is 0.805. The van der Waals surface area contributed by atoms with Crippen molar-refractivity contribution in [2.24, 2.45) is 0 Å².